The van der Waals surface area contributed by atoms with E-state index in [4.69, 9.17) is 9.16 Å². The maximum absolute atomic E-state index is 12.3. The summed E-state index contributed by atoms with van der Waals surface area (Å²) in [4.78, 5) is 16.4. The Balaban J connectivity index is 1.54. The minimum absolute atomic E-state index is 0.218. The number of ether oxygens (including phenoxy) is 1. The van der Waals surface area contributed by atoms with Crippen molar-refractivity contribution in [2.24, 2.45) is 5.92 Å². The smallest absolute Gasteiger partial charge is 0.410 e. The van der Waals surface area contributed by atoms with Crippen LogP contribution in [0.4, 0.5) is 10.5 Å². The molecule has 2 saturated heterocycles. The molecule has 1 aromatic heterocycles. The molecule has 31 heavy (non-hydrogen) atoms. The van der Waals surface area contributed by atoms with Crippen LogP contribution in [0.3, 0.4) is 0 Å². The molecule has 174 valence electrons. The van der Waals surface area contributed by atoms with Gasteiger partial charge in [0.05, 0.1) is 17.6 Å². The van der Waals surface area contributed by atoms with Gasteiger partial charge in [0.1, 0.15) is 5.60 Å². The topological polar surface area (TPSA) is 67.8 Å². The molecule has 0 aromatic carbocycles. The number of rotatable bonds is 6. The minimum Gasteiger partial charge on any atom is -0.444 e. The van der Waals surface area contributed by atoms with Gasteiger partial charge in [-0.2, -0.15) is 10.2 Å². The molecule has 0 radical (unpaired) electrons. The van der Waals surface area contributed by atoms with Gasteiger partial charge in [0, 0.05) is 38.7 Å². The van der Waals surface area contributed by atoms with Gasteiger partial charge in [0.15, 0.2) is 8.32 Å². The molecular formula is C23H40N4O3Si. The molecule has 1 amide bonds. The normalized spacial score (nSPS) is 19.0. The van der Waals surface area contributed by atoms with E-state index in [0.29, 0.717) is 24.5 Å². The molecule has 2 aliphatic rings. The summed E-state index contributed by atoms with van der Waals surface area (Å²) in [5.41, 5.74) is 2.34. The van der Waals surface area contributed by atoms with Crippen LogP contribution in [0, 0.1) is 5.92 Å². The van der Waals surface area contributed by atoms with Crippen LogP contribution in [0.2, 0.25) is 18.6 Å². The van der Waals surface area contributed by atoms with Crippen LogP contribution >= 0.6 is 0 Å². The number of carbonyl (C=O) groups excluding carboxylic acids is 1. The quantitative estimate of drug-likeness (QED) is 0.590. The first kappa shape index (κ1) is 24.0. The number of nitrogens with zero attached hydrogens (tertiary/aromatic N) is 4. The lowest BCUT2D eigenvalue weighted by molar-refractivity contribution is 0.00783. The molecular weight excluding hydrogens is 408 g/mol. The van der Waals surface area contributed by atoms with Crippen LogP contribution in [0.15, 0.2) is 12.3 Å². The summed E-state index contributed by atoms with van der Waals surface area (Å²) in [6.07, 6.45) is 3.80. The SMILES string of the molecule is CC(C)[Si](C)(C)OCC1CCN(c2ccnnc2C2CN(C(=O)OC(C)(C)C)C2)CC1. The molecule has 8 heteroatoms. The highest BCUT2D eigenvalue weighted by molar-refractivity contribution is 6.72. The van der Waals surface area contributed by atoms with E-state index in [-0.39, 0.29) is 12.0 Å². The second kappa shape index (κ2) is 9.44. The van der Waals surface area contributed by atoms with E-state index >= 15 is 0 Å². The third-order valence-corrected chi connectivity index (χ3v) is 10.4. The minimum atomic E-state index is -1.57. The maximum Gasteiger partial charge on any atom is 0.410 e. The predicted molar refractivity (Wildman–Crippen MR) is 126 cm³/mol. The molecule has 3 rings (SSSR count). The molecule has 0 spiro atoms. The van der Waals surface area contributed by atoms with Crippen molar-refractivity contribution in [2.45, 2.75) is 77.6 Å². The average molecular weight is 449 g/mol. The second-order valence-electron chi connectivity index (χ2n) is 10.9. The monoisotopic (exact) mass is 448 g/mol. The largest absolute Gasteiger partial charge is 0.444 e. The Morgan fingerprint density at radius 3 is 2.45 bits per heavy atom. The second-order valence-corrected chi connectivity index (χ2v) is 15.5. The summed E-state index contributed by atoms with van der Waals surface area (Å²) in [6.45, 7) is 19.1. The van der Waals surface area contributed by atoms with E-state index < -0.39 is 13.9 Å². The van der Waals surface area contributed by atoms with Crippen LogP contribution in [0.1, 0.15) is 59.1 Å². The van der Waals surface area contributed by atoms with Gasteiger partial charge < -0.3 is 19.0 Å². The van der Waals surface area contributed by atoms with Crippen molar-refractivity contribution in [3.63, 3.8) is 0 Å². The summed E-state index contributed by atoms with van der Waals surface area (Å²) >= 11 is 0. The van der Waals surface area contributed by atoms with Gasteiger partial charge in [-0.05, 0) is 64.2 Å². The first-order valence-corrected chi connectivity index (χ1v) is 14.6. The Kier molecular flexibility index (Phi) is 7.31. The Morgan fingerprint density at radius 1 is 1.23 bits per heavy atom. The molecule has 0 N–H and O–H groups in total. The number of hydrogen-bond acceptors (Lipinski definition) is 6. The highest BCUT2D eigenvalue weighted by atomic mass is 28.4. The number of likely N-dealkylation sites (tertiary alicyclic amines) is 1. The fourth-order valence-electron chi connectivity index (χ4n) is 3.86. The van der Waals surface area contributed by atoms with Crippen molar-refractivity contribution < 1.29 is 14.0 Å². The van der Waals surface area contributed by atoms with E-state index in [1.165, 1.54) is 5.69 Å². The number of hydrogen-bond donors (Lipinski definition) is 0. The van der Waals surface area contributed by atoms with Gasteiger partial charge >= 0.3 is 6.09 Å². The number of aromatic nitrogens is 2. The lowest BCUT2D eigenvalue weighted by Gasteiger charge is -2.41. The summed E-state index contributed by atoms with van der Waals surface area (Å²) < 4.78 is 11.9. The molecule has 0 atom stereocenters. The van der Waals surface area contributed by atoms with Crippen LogP contribution < -0.4 is 4.90 Å². The Labute approximate surface area is 188 Å². The van der Waals surface area contributed by atoms with Crippen LogP contribution in [-0.4, -0.2) is 67.9 Å². The van der Waals surface area contributed by atoms with E-state index in [2.05, 4.69) is 48.1 Å². The zero-order valence-corrected chi connectivity index (χ0v) is 21.4. The van der Waals surface area contributed by atoms with Crippen LogP contribution in [0.25, 0.3) is 0 Å². The highest BCUT2D eigenvalue weighted by Crippen LogP contribution is 2.35. The Bertz CT molecular complexity index is 751. The lowest BCUT2D eigenvalue weighted by Crippen LogP contribution is -2.51. The van der Waals surface area contributed by atoms with E-state index in [9.17, 15) is 4.79 Å². The fourth-order valence-corrected chi connectivity index (χ4v) is 4.86. The van der Waals surface area contributed by atoms with Crippen molar-refractivity contribution in [1.29, 1.82) is 0 Å². The molecule has 7 nitrogen and oxygen atoms in total. The molecule has 3 heterocycles. The van der Waals surface area contributed by atoms with Gasteiger partial charge in [-0.1, -0.05) is 13.8 Å². The number of amides is 1. The molecule has 0 unspecified atom stereocenters. The third kappa shape index (κ3) is 6.19. The van der Waals surface area contributed by atoms with Gasteiger partial charge in [0.2, 0.25) is 0 Å². The van der Waals surface area contributed by atoms with Crippen LogP contribution in [0.5, 0.6) is 0 Å². The number of anilines is 1. The predicted octanol–water partition coefficient (Wildman–Crippen LogP) is 4.66. The van der Waals surface area contributed by atoms with E-state index in [0.717, 1.165) is 38.2 Å². The zero-order chi connectivity index (χ0) is 22.8. The van der Waals surface area contributed by atoms with Gasteiger partial charge in [-0.25, -0.2) is 4.79 Å². The summed E-state index contributed by atoms with van der Waals surface area (Å²) in [7, 11) is -1.57. The first-order chi connectivity index (χ1) is 14.5. The Morgan fingerprint density at radius 2 is 1.87 bits per heavy atom. The van der Waals surface area contributed by atoms with Crippen molar-refractivity contribution in [2.75, 3.05) is 37.7 Å². The van der Waals surface area contributed by atoms with Crippen molar-refractivity contribution >= 4 is 20.1 Å². The Hall–Kier alpha value is -1.67. The zero-order valence-electron chi connectivity index (χ0n) is 20.4. The first-order valence-electron chi connectivity index (χ1n) is 11.6. The summed E-state index contributed by atoms with van der Waals surface area (Å²) in [6, 6.07) is 2.07. The summed E-state index contributed by atoms with van der Waals surface area (Å²) in [5, 5.41) is 8.60. The maximum atomic E-state index is 12.3. The molecule has 0 aliphatic carbocycles. The average Bonchev–Trinajstić information content (AvgIpc) is 2.64. The molecule has 2 fully saturated rings. The van der Waals surface area contributed by atoms with Gasteiger partial charge in [-0.3, -0.25) is 0 Å². The molecule has 1 aromatic rings. The van der Waals surface area contributed by atoms with Gasteiger partial charge in [-0.15, -0.1) is 0 Å². The van der Waals surface area contributed by atoms with Crippen molar-refractivity contribution in [3.05, 3.63) is 18.0 Å². The lowest BCUT2D eigenvalue weighted by atomic mass is 9.93. The van der Waals surface area contributed by atoms with Crippen molar-refractivity contribution in [1.82, 2.24) is 15.1 Å². The standard InChI is InChI=1S/C23H40N4O3Si/c1-17(2)31(6,7)29-16-18-9-12-26(13-10-18)20-8-11-24-25-21(20)19-14-27(15-19)22(28)30-23(3,4)5/h8,11,17-19H,9-10,12-16H2,1-7H3. The van der Waals surface area contributed by atoms with E-state index in [1.807, 2.05) is 20.8 Å². The van der Waals surface area contributed by atoms with E-state index in [1.54, 1.807) is 11.1 Å². The summed E-state index contributed by atoms with van der Waals surface area (Å²) in [5.74, 6) is 0.849. The highest BCUT2D eigenvalue weighted by Gasteiger charge is 2.38. The fraction of sp³-hybridized carbons (Fsp3) is 0.783. The molecule has 0 saturated carbocycles. The molecule has 2 aliphatic heterocycles. The van der Waals surface area contributed by atoms with Gasteiger partial charge in [0.25, 0.3) is 0 Å². The number of piperidine rings is 1. The third-order valence-electron chi connectivity index (χ3n) is 6.68. The van der Waals surface area contributed by atoms with Crippen molar-refractivity contribution in [3.8, 4) is 0 Å². The van der Waals surface area contributed by atoms with Crippen LogP contribution in [-0.2, 0) is 9.16 Å². The number of carbonyl (C=O) groups is 1. The molecule has 0 bridgehead atoms.